The van der Waals surface area contributed by atoms with Crippen molar-refractivity contribution >= 4 is 18.1 Å². The fraction of sp³-hybridized carbons (Fsp3) is 0.483. The second-order valence-corrected chi connectivity index (χ2v) is 10.8. The topological polar surface area (TPSA) is 85.4 Å². The van der Waals surface area contributed by atoms with E-state index in [1.54, 1.807) is 20.8 Å². The van der Waals surface area contributed by atoms with Gasteiger partial charge in [-0.2, -0.15) is 5.06 Å². The number of hydrogen-bond donors (Lipinski definition) is 0. The van der Waals surface area contributed by atoms with Crippen LogP contribution in [0.1, 0.15) is 52.2 Å². The quantitative estimate of drug-likeness (QED) is 0.387. The number of imide groups is 1. The summed E-state index contributed by atoms with van der Waals surface area (Å²) in [4.78, 5) is 46.6. The summed E-state index contributed by atoms with van der Waals surface area (Å²) in [5.74, 6) is -0.934. The summed E-state index contributed by atoms with van der Waals surface area (Å²) in [6.07, 6.45) is -0.398. The Kier molecular flexibility index (Phi) is 9.69. The van der Waals surface area contributed by atoms with Gasteiger partial charge >= 0.3 is 12.2 Å². The number of nitrogens with zero attached hydrogens (tertiary/aromatic N) is 2. The Bertz CT molecular complexity index is 1040. The van der Waals surface area contributed by atoms with Gasteiger partial charge < -0.3 is 9.47 Å². The van der Waals surface area contributed by atoms with Gasteiger partial charge in [0.2, 0.25) is 5.91 Å². The first-order valence-electron chi connectivity index (χ1n) is 12.7. The average molecular weight is 511 g/mol. The highest BCUT2D eigenvalue weighted by Crippen LogP contribution is 2.25. The summed E-state index contributed by atoms with van der Waals surface area (Å²) in [5, 5.41) is 1.11. The third kappa shape index (κ3) is 8.60. The van der Waals surface area contributed by atoms with Gasteiger partial charge in [-0.3, -0.25) is 9.63 Å². The number of carbonyl (C=O) groups is 3. The Morgan fingerprint density at radius 3 is 2.19 bits per heavy atom. The Morgan fingerprint density at radius 2 is 1.62 bits per heavy atom. The van der Waals surface area contributed by atoms with Crippen LogP contribution in [0.4, 0.5) is 9.59 Å². The minimum Gasteiger partial charge on any atom is -0.447 e. The van der Waals surface area contributed by atoms with Crippen LogP contribution in [0.25, 0.3) is 0 Å². The minimum atomic E-state index is -0.747. The first-order chi connectivity index (χ1) is 17.5. The first kappa shape index (κ1) is 28.2. The number of hydroxylamine groups is 2. The predicted molar refractivity (Wildman–Crippen MR) is 139 cm³/mol. The number of hydrogen-bond acceptors (Lipinski definition) is 6. The molecule has 1 aliphatic heterocycles. The van der Waals surface area contributed by atoms with Crippen LogP contribution in [-0.4, -0.2) is 52.9 Å². The van der Waals surface area contributed by atoms with E-state index in [1.165, 1.54) is 4.90 Å². The van der Waals surface area contributed by atoms with Crippen molar-refractivity contribution in [3.05, 3.63) is 71.8 Å². The molecule has 8 nitrogen and oxygen atoms in total. The minimum absolute atomic E-state index is 0.0550. The Balaban J connectivity index is 1.81. The zero-order chi connectivity index (χ0) is 27.0. The van der Waals surface area contributed by atoms with Crippen molar-refractivity contribution in [3.8, 4) is 0 Å². The molecular weight excluding hydrogens is 472 g/mol. The third-order valence-corrected chi connectivity index (χ3v) is 5.83. The van der Waals surface area contributed by atoms with Crippen LogP contribution in [-0.2, 0) is 32.1 Å². The lowest BCUT2D eigenvalue weighted by Gasteiger charge is -2.31. The summed E-state index contributed by atoms with van der Waals surface area (Å²) in [5.41, 5.74) is 1.13. The molecule has 3 amide bonds. The van der Waals surface area contributed by atoms with E-state index in [1.807, 2.05) is 74.5 Å². The number of rotatable bonds is 10. The molecule has 200 valence electrons. The highest BCUT2D eigenvalue weighted by atomic mass is 16.7. The summed E-state index contributed by atoms with van der Waals surface area (Å²) in [6.45, 7) is 9.50. The van der Waals surface area contributed by atoms with E-state index in [0.29, 0.717) is 12.8 Å². The second-order valence-electron chi connectivity index (χ2n) is 10.8. The molecule has 0 aliphatic carbocycles. The van der Waals surface area contributed by atoms with E-state index < -0.39 is 29.7 Å². The first-order valence-corrected chi connectivity index (χ1v) is 12.7. The highest BCUT2D eigenvalue weighted by Gasteiger charge is 2.42. The Morgan fingerprint density at radius 1 is 1.03 bits per heavy atom. The van der Waals surface area contributed by atoms with Crippen molar-refractivity contribution < 1.29 is 28.7 Å². The largest absolute Gasteiger partial charge is 0.447 e. The smallest absolute Gasteiger partial charge is 0.434 e. The van der Waals surface area contributed by atoms with Crippen LogP contribution in [0, 0.1) is 11.8 Å². The fourth-order valence-corrected chi connectivity index (χ4v) is 4.21. The van der Waals surface area contributed by atoms with E-state index in [4.69, 9.17) is 14.3 Å². The molecule has 1 saturated heterocycles. The molecule has 0 spiro atoms. The lowest BCUT2D eigenvalue weighted by molar-refractivity contribution is -0.168. The molecule has 0 N–H and O–H groups in total. The van der Waals surface area contributed by atoms with Crippen LogP contribution in [0.3, 0.4) is 0 Å². The van der Waals surface area contributed by atoms with E-state index in [2.05, 4.69) is 0 Å². The summed E-state index contributed by atoms with van der Waals surface area (Å²) in [7, 11) is 0. The van der Waals surface area contributed by atoms with E-state index >= 15 is 0 Å². The predicted octanol–water partition coefficient (Wildman–Crippen LogP) is 5.61. The number of ether oxygens (including phenoxy) is 2. The number of carbonyl (C=O) groups excluding carboxylic acids is 3. The zero-order valence-electron chi connectivity index (χ0n) is 22.4. The average Bonchev–Trinajstić information content (AvgIpc) is 3.20. The van der Waals surface area contributed by atoms with Crippen molar-refractivity contribution in [3.63, 3.8) is 0 Å². The molecule has 0 saturated carbocycles. The number of benzene rings is 2. The molecule has 37 heavy (non-hydrogen) atoms. The summed E-state index contributed by atoms with van der Waals surface area (Å²) in [6, 6.07) is 18.7. The normalized spacial score (nSPS) is 16.4. The number of amides is 3. The SMILES string of the molecule is CC(C)C[C@@H](CN(OCc1ccccc1)C(=O)OC(C)(C)C)C(=O)N1C(=O)OC[C@H]1Cc1ccccc1. The Labute approximate surface area is 219 Å². The third-order valence-electron chi connectivity index (χ3n) is 5.83. The highest BCUT2D eigenvalue weighted by molar-refractivity contribution is 5.95. The van der Waals surface area contributed by atoms with E-state index in [-0.39, 0.29) is 31.6 Å². The van der Waals surface area contributed by atoms with Crippen LogP contribution < -0.4 is 0 Å². The summed E-state index contributed by atoms with van der Waals surface area (Å²) < 4.78 is 10.8. The molecule has 3 rings (SSSR count). The lowest BCUT2D eigenvalue weighted by atomic mass is 9.94. The van der Waals surface area contributed by atoms with Gasteiger partial charge in [0, 0.05) is 0 Å². The van der Waals surface area contributed by atoms with Crippen molar-refractivity contribution in [2.75, 3.05) is 13.2 Å². The van der Waals surface area contributed by atoms with Gasteiger partial charge in [0.05, 0.1) is 18.5 Å². The van der Waals surface area contributed by atoms with Crippen LogP contribution in [0.5, 0.6) is 0 Å². The second kappa shape index (κ2) is 12.7. The Hall–Kier alpha value is -3.39. The van der Waals surface area contributed by atoms with E-state index in [0.717, 1.165) is 16.2 Å². The maximum Gasteiger partial charge on any atom is 0.434 e. The monoisotopic (exact) mass is 510 g/mol. The maximum absolute atomic E-state index is 13.8. The molecule has 0 unspecified atom stereocenters. The molecule has 1 fully saturated rings. The fourth-order valence-electron chi connectivity index (χ4n) is 4.21. The molecule has 1 heterocycles. The number of cyclic esters (lactones) is 1. The van der Waals surface area contributed by atoms with Crippen LogP contribution >= 0.6 is 0 Å². The van der Waals surface area contributed by atoms with Crippen molar-refractivity contribution in [2.24, 2.45) is 11.8 Å². The molecule has 0 aromatic heterocycles. The van der Waals surface area contributed by atoms with Gasteiger partial charge in [0.1, 0.15) is 18.8 Å². The van der Waals surface area contributed by atoms with Gasteiger partial charge in [0.25, 0.3) is 0 Å². The van der Waals surface area contributed by atoms with E-state index in [9.17, 15) is 14.4 Å². The van der Waals surface area contributed by atoms with Crippen LogP contribution in [0.15, 0.2) is 60.7 Å². The molecule has 2 aromatic rings. The lowest BCUT2D eigenvalue weighted by Crippen LogP contribution is -2.48. The van der Waals surface area contributed by atoms with Crippen molar-refractivity contribution in [1.29, 1.82) is 0 Å². The van der Waals surface area contributed by atoms with Gasteiger partial charge in [-0.05, 0) is 50.7 Å². The van der Waals surface area contributed by atoms with Crippen molar-refractivity contribution in [1.82, 2.24) is 9.96 Å². The van der Waals surface area contributed by atoms with Gasteiger partial charge in [-0.1, -0.05) is 74.5 Å². The maximum atomic E-state index is 13.8. The molecular formula is C29H38N2O6. The van der Waals surface area contributed by atoms with Gasteiger partial charge in [0.15, 0.2) is 0 Å². The molecule has 1 aliphatic rings. The van der Waals surface area contributed by atoms with Crippen molar-refractivity contribution in [2.45, 2.75) is 65.7 Å². The van der Waals surface area contributed by atoms with Crippen LogP contribution in [0.2, 0.25) is 0 Å². The van der Waals surface area contributed by atoms with Gasteiger partial charge in [-0.25, -0.2) is 14.5 Å². The molecule has 0 bridgehead atoms. The summed E-state index contributed by atoms with van der Waals surface area (Å²) >= 11 is 0. The molecule has 8 heteroatoms. The molecule has 2 aromatic carbocycles. The standard InChI is InChI=1S/C29H38N2O6/c1-21(2)16-24(26(32)31-25(20-35-28(31)34)17-22-12-8-6-9-13-22)18-30(27(33)37-29(3,4)5)36-19-23-14-10-7-11-15-23/h6-15,21,24-25H,16-20H2,1-5H3/t24-,25+/m0/s1. The zero-order valence-corrected chi connectivity index (χ0v) is 22.4. The molecule has 2 atom stereocenters. The van der Waals surface area contributed by atoms with Gasteiger partial charge in [-0.15, -0.1) is 0 Å². The molecule has 0 radical (unpaired) electrons.